The molecule has 0 unspecified atom stereocenters. The first-order valence-electron chi connectivity index (χ1n) is 8.09. The summed E-state index contributed by atoms with van der Waals surface area (Å²) in [6.45, 7) is 5.04. The average molecular weight is 288 g/mol. The first-order chi connectivity index (χ1) is 10.3. The second kappa shape index (κ2) is 6.94. The van der Waals surface area contributed by atoms with Crippen molar-refractivity contribution >= 4 is 5.91 Å². The molecule has 0 aromatic heterocycles. The van der Waals surface area contributed by atoms with Gasteiger partial charge in [0.2, 0.25) is 0 Å². The molecule has 1 aromatic carbocycles. The third kappa shape index (κ3) is 3.76. The number of ether oxygens (including phenoxy) is 1. The molecule has 0 aliphatic carbocycles. The maximum Gasteiger partial charge on any atom is 0.251 e. The van der Waals surface area contributed by atoms with Crippen LogP contribution in [0.3, 0.4) is 0 Å². The number of carbonyl (C=O) groups excluding carboxylic acids is 1. The molecule has 4 heteroatoms. The van der Waals surface area contributed by atoms with Crippen molar-refractivity contribution in [3.63, 3.8) is 0 Å². The van der Waals surface area contributed by atoms with E-state index in [1.54, 1.807) is 0 Å². The molecule has 0 spiro atoms. The van der Waals surface area contributed by atoms with Crippen LogP contribution in [-0.4, -0.2) is 43.6 Å². The Kier molecular flexibility index (Phi) is 4.76. The van der Waals surface area contributed by atoms with Gasteiger partial charge in [-0.05, 0) is 56.5 Å². The van der Waals surface area contributed by atoms with Crippen molar-refractivity contribution in [2.75, 3.05) is 32.8 Å². The van der Waals surface area contributed by atoms with Crippen molar-refractivity contribution in [1.82, 2.24) is 10.2 Å². The van der Waals surface area contributed by atoms with Crippen LogP contribution in [-0.2, 0) is 6.42 Å². The quantitative estimate of drug-likeness (QED) is 0.845. The molecule has 0 bridgehead atoms. The normalized spacial score (nSPS) is 19.0. The molecule has 2 heterocycles. The van der Waals surface area contributed by atoms with Crippen LogP contribution in [0.25, 0.3) is 0 Å². The number of nitrogens with one attached hydrogen (secondary N) is 1. The summed E-state index contributed by atoms with van der Waals surface area (Å²) in [5, 5.41) is 2.87. The van der Waals surface area contributed by atoms with E-state index in [0.29, 0.717) is 0 Å². The monoisotopic (exact) mass is 288 g/mol. The van der Waals surface area contributed by atoms with E-state index in [1.807, 2.05) is 18.2 Å². The molecule has 1 amide bonds. The fraction of sp³-hybridized carbons (Fsp3) is 0.588. The van der Waals surface area contributed by atoms with Crippen LogP contribution in [0.4, 0.5) is 0 Å². The van der Waals surface area contributed by atoms with Gasteiger partial charge < -0.3 is 15.0 Å². The minimum atomic E-state index is 0.0232. The maximum atomic E-state index is 11.8. The highest BCUT2D eigenvalue weighted by Gasteiger charge is 2.17. The lowest BCUT2D eigenvalue weighted by molar-refractivity contribution is 0.0945. The van der Waals surface area contributed by atoms with E-state index in [9.17, 15) is 4.79 Å². The number of piperidine rings is 1. The fourth-order valence-electron chi connectivity index (χ4n) is 3.14. The third-order valence-corrected chi connectivity index (χ3v) is 4.34. The van der Waals surface area contributed by atoms with E-state index in [2.05, 4.69) is 10.2 Å². The fourth-order valence-corrected chi connectivity index (χ4v) is 3.14. The van der Waals surface area contributed by atoms with Gasteiger partial charge in [-0.3, -0.25) is 4.79 Å². The lowest BCUT2D eigenvalue weighted by Crippen LogP contribution is -2.32. The molecule has 0 atom stereocenters. The van der Waals surface area contributed by atoms with Gasteiger partial charge in [-0.15, -0.1) is 0 Å². The van der Waals surface area contributed by atoms with Crippen molar-refractivity contribution in [2.45, 2.75) is 32.1 Å². The second-order valence-corrected chi connectivity index (χ2v) is 5.93. The molecule has 1 N–H and O–H groups in total. The van der Waals surface area contributed by atoms with Crippen LogP contribution in [0.5, 0.6) is 5.75 Å². The summed E-state index contributed by atoms with van der Waals surface area (Å²) in [6, 6.07) is 5.89. The van der Waals surface area contributed by atoms with Gasteiger partial charge in [-0.25, -0.2) is 0 Å². The van der Waals surface area contributed by atoms with Gasteiger partial charge >= 0.3 is 0 Å². The van der Waals surface area contributed by atoms with Crippen molar-refractivity contribution in [3.05, 3.63) is 29.3 Å². The lowest BCUT2D eigenvalue weighted by Gasteiger charge is -2.26. The zero-order chi connectivity index (χ0) is 14.5. The molecular weight excluding hydrogens is 264 g/mol. The molecule has 1 aromatic rings. The number of hydrogen-bond acceptors (Lipinski definition) is 3. The number of nitrogens with zero attached hydrogens (tertiary/aromatic N) is 1. The Labute approximate surface area is 126 Å². The number of likely N-dealkylation sites (tertiary alicyclic amines) is 1. The highest BCUT2D eigenvalue weighted by molar-refractivity contribution is 5.97. The summed E-state index contributed by atoms with van der Waals surface area (Å²) in [4.78, 5) is 14.3. The standard InChI is InChI=1S/C17H24N2O2/c20-17-16-13-15(6-5-14(16)7-8-18-17)21-12-4-11-19-9-2-1-3-10-19/h5-6,13H,1-4,7-12H2,(H,18,20). The molecule has 0 saturated carbocycles. The van der Waals surface area contributed by atoms with Crippen LogP contribution in [0.1, 0.15) is 41.6 Å². The zero-order valence-electron chi connectivity index (χ0n) is 12.6. The number of carbonyl (C=O) groups is 1. The molecule has 1 saturated heterocycles. The van der Waals surface area contributed by atoms with Crippen LogP contribution in [0, 0.1) is 0 Å². The molecule has 0 radical (unpaired) electrons. The molecule has 2 aliphatic heterocycles. The van der Waals surface area contributed by atoms with Gasteiger partial charge in [0.15, 0.2) is 0 Å². The predicted molar refractivity (Wildman–Crippen MR) is 82.9 cm³/mol. The third-order valence-electron chi connectivity index (χ3n) is 4.34. The first kappa shape index (κ1) is 14.4. The number of hydrogen-bond donors (Lipinski definition) is 1. The van der Waals surface area contributed by atoms with E-state index in [0.717, 1.165) is 49.4 Å². The van der Waals surface area contributed by atoms with Gasteiger partial charge in [0, 0.05) is 18.7 Å². The molecular formula is C17H24N2O2. The smallest absolute Gasteiger partial charge is 0.251 e. The molecule has 1 fully saturated rings. The highest BCUT2D eigenvalue weighted by atomic mass is 16.5. The molecule has 2 aliphatic rings. The maximum absolute atomic E-state index is 11.8. The molecule has 4 nitrogen and oxygen atoms in total. The minimum absolute atomic E-state index is 0.0232. The Morgan fingerprint density at radius 1 is 1.19 bits per heavy atom. The summed E-state index contributed by atoms with van der Waals surface area (Å²) in [7, 11) is 0. The minimum Gasteiger partial charge on any atom is -0.494 e. The van der Waals surface area contributed by atoms with Gasteiger partial charge in [0.1, 0.15) is 5.75 Å². The number of benzene rings is 1. The number of rotatable bonds is 5. The summed E-state index contributed by atoms with van der Waals surface area (Å²) in [5.41, 5.74) is 1.90. The van der Waals surface area contributed by atoms with Crippen LogP contribution >= 0.6 is 0 Å². The second-order valence-electron chi connectivity index (χ2n) is 5.93. The van der Waals surface area contributed by atoms with E-state index in [1.165, 1.54) is 32.4 Å². The van der Waals surface area contributed by atoms with Gasteiger partial charge in [0.25, 0.3) is 5.91 Å². The highest BCUT2D eigenvalue weighted by Crippen LogP contribution is 2.21. The average Bonchev–Trinajstić information content (AvgIpc) is 2.53. The van der Waals surface area contributed by atoms with Crippen LogP contribution in [0.15, 0.2) is 18.2 Å². The van der Waals surface area contributed by atoms with Crippen LogP contribution < -0.4 is 10.1 Å². The Bertz CT molecular complexity index is 496. The van der Waals surface area contributed by atoms with Gasteiger partial charge in [-0.1, -0.05) is 12.5 Å². The zero-order valence-corrected chi connectivity index (χ0v) is 12.6. The van der Waals surface area contributed by atoms with E-state index < -0.39 is 0 Å². The van der Waals surface area contributed by atoms with Crippen LogP contribution in [0.2, 0.25) is 0 Å². The topological polar surface area (TPSA) is 41.6 Å². The molecule has 114 valence electrons. The summed E-state index contributed by atoms with van der Waals surface area (Å²) in [5.74, 6) is 0.833. The van der Waals surface area contributed by atoms with E-state index >= 15 is 0 Å². The lowest BCUT2D eigenvalue weighted by atomic mass is 10.0. The number of fused-ring (bicyclic) bond motifs is 1. The summed E-state index contributed by atoms with van der Waals surface area (Å²) >= 11 is 0. The number of amides is 1. The van der Waals surface area contributed by atoms with Crippen molar-refractivity contribution in [3.8, 4) is 5.75 Å². The first-order valence-corrected chi connectivity index (χ1v) is 8.09. The molecule has 3 rings (SSSR count). The van der Waals surface area contributed by atoms with Gasteiger partial charge in [-0.2, -0.15) is 0 Å². The van der Waals surface area contributed by atoms with Crippen molar-refractivity contribution in [2.24, 2.45) is 0 Å². The largest absolute Gasteiger partial charge is 0.494 e. The van der Waals surface area contributed by atoms with E-state index in [4.69, 9.17) is 4.74 Å². The summed E-state index contributed by atoms with van der Waals surface area (Å²) < 4.78 is 5.80. The van der Waals surface area contributed by atoms with Crippen molar-refractivity contribution in [1.29, 1.82) is 0 Å². The Morgan fingerprint density at radius 3 is 2.90 bits per heavy atom. The predicted octanol–water partition coefficient (Wildman–Crippen LogP) is 2.23. The summed E-state index contributed by atoms with van der Waals surface area (Å²) in [6.07, 6.45) is 6.01. The van der Waals surface area contributed by atoms with E-state index in [-0.39, 0.29) is 5.91 Å². The Hall–Kier alpha value is -1.55. The SMILES string of the molecule is O=C1NCCc2ccc(OCCCN3CCCCC3)cc21. The van der Waals surface area contributed by atoms with Crippen molar-refractivity contribution < 1.29 is 9.53 Å². The van der Waals surface area contributed by atoms with Gasteiger partial charge in [0.05, 0.1) is 6.61 Å². The molecule has 21 heavy (non-hydrogen) atoms. The Morgan fingerprint density at radius 2 is 2.05 bits per heavy atom. The Balaban J connectivity index is 1.47.